The molecule has 72 valence electrons. The molecule has 0 aliphatic heterocycles. The third-order valence-electron chi connectivity index (χ3n) is 1.96. The Morgan fingerprint density at radius 3 is 2.71 bits per heavy atom. The van der Waals surface area contributed by atoms with Gasteiger partial charge in [-0.2, -0.15) is 0 Å². The molecule has 0 atom stereocenters. The van der Waals surface area contributed by atoms with Crippen LogP contribution >= 0.6 is 23.2 Å². The summed E-state index contributed by atoms with van der Waals surface area (Å²) in [6.07, 6.45) is 3.33. The second-order valence-corrected chi connectivity index (χ2v) is 3.67. The summed E-state index contributed by atoms with van der Waals surface area (Å²) in [6.45, 7) is 0. The molecule has 0 bridgehead atoms. The van der Waals surface area contributed by atoms with E-state index in [0.29, 0.717) is 15.8 Å². The molecule has 0 N–H and O–H groups in total. The number of pyridine rings is 1. The van der Waals surface area contributed by atoms with Crippen molar-refractivity contribution in [3.8, 4) is 5.75 Å². The highest BCUT2D eigenvalue weighted by atomic mass is 35.5. The smallest absolute Gasteiger partial charge is 0.146 e. The normalized spacial score (nSPS) is 10.5. The molecule has 2 rings (SSSR count). The van der Waals surface area contributed by atoms with E-state index in [4.69, 9.17) is 27.9 Å². The lowest BCUT2D eigenvalue weighted by Crippen LogP contribution is -1.87. The molecular formula is C10H7Cl2NO. The maximum atomic E-state index is 6.05. The summed E-state index contributed by atoms with van der Waals surface area (Å²) in [7, 11) is 1.58. The highest BCUT2D eigenvalue weighted by molar-refractivity contribution is 6.39. The molecular weight excluding hydrogens is 221 g/mol. The first-order valence-corrected chi connectivity index (χ1v) is 4.74. The Hall–Kier alpha value is -0.990. The number of hydrogen-bond acceptors (Lipinski definition) is 2. The van der Waals surface area contributed by atoms with Crippen molar-refractivity contribution in [1.29, 1.82) is 0 Å². The molecule has 1 heterocycles. The largest absolute Gasteiger partial charge is 0.494 e. The van der Waals surface area contributed by atoms with Crippen molar-refractivity contribution in [1.82, 2.24) is 4.98 Å². The number of nitrogens with zero attached hydrogens (tertiary/aromatic N) is 1. The SMILES string of the molecule is COc1cncc2cc(Cl)cc(Cl)c12. The van der Waals surface area contributed by atoms with E-state index in [1.165, 1.54) is 0 Å². The third kappa shape index (κ3) is 1.51. The second kappa shape index (κ2) is 3.64. The molecule has 2 nitrogen and oxygen atoms in total. The van der Waals surface area contributed by atoms with Crippen LogP contribution in [-0.4, -0.2) is 12.1 Å². The zero-order chi connectivity index (χ0) is 10.1. The first-order chi connectivity index (χ1) is 6.72. The van der Waals surface area contributed by atoms with Crippen LogP contribution in [0.3, 0.4) is 0 Å². The lowest BCUT2D eigenvalue weighted by molar-refractivity contribution is 0.418. The van der Waals surface area contributed by atoms with Gasteiger partial charge in [-0.15, -0.1) is 0 Å². The fourth-order valence-electron chi connectivity index (χ4n) is 1.36. The zero-order valence-corrected chi connectivity index (χ0v) is 8.93. The molecule has 0 spiro atoms. The summed E-state index contributed by atoms with van der Waals surface area (Å²) in [5.74, 6) is 0.657. The van der Waals surface area contributed by atoms with Crippen molar-refractivity contribution >= 4 is 34.0 Å². The molecule has 1 aromatic carbocycles. The van der Waals surface area contributed by atoms with E-state index in [1.807, 2.05) is 0 Å². The van der Waals surface area contributed by atoms with Crippen molar-refractivity contribution < 1.29 is 4.74 Å². The topological polar surface area (TPSA) is 22.1 Å². The van der Waals surface area contributed by atoms with Crippen LogP contribution in [-0.2, 0) is 0 Å². The molecule has 1 aromatic heterocycles. The summed E-state index contributed by atoms with van der Waals surface area (Å²) >= 11 is 11.9. The van der Waals surface area contributed by atoms with E-state index >= 15 is 0 Å². The zero-order valence-electron chi connectivity index (χ0n) is 7.42. The fourth-order valence-corrected chi connectivity index (χ4v) is 1.96. The van der Waals surface area contributed by atoms with Gasteiger partial charge in [-0.1, -0.05) is 23.2 Å². The average molecular weight is 228 g/mol. The van der Waals surface area contributed by atoms with Gasteiger partial charge in [0.2, 0.25) is 0 Å². The van der Waals surface area contributed by atoms with Crippen LogP contribution in [0.1, 0.15) is 0 Å². The van der Waals surface area contributed by atoms with Gasteiger partial charge in [0.25, 0.3) is 0 Å². The second-order valence-electron chi connectivity index (χ2n) is 2.83. The Bertz CT molecular complexity index is 485. The summed E-state index contributed by atoms with van der Waals surface area (Å²) in [6, 6.07) is 3.49. The molecule has 0 unspecified atom stereocenters. The van der Waals surface area contributed by atoms with Crippen molar-refractivity contribution in [3.05, 3.63) is 34.6 Å². The predicted octanol–water partition coefficient (Wildman–Crippen LogP) is 3.55. The van der Waals surface area contributed by atoms with E-state index in [1.54, 1.807) is 31.6 Å². The van der Waals surface area contributed by atoms with Crippen molar-refractivity contribution in [3.63, 3.8) is 0 Å². The predicted molar refractivity (Wildman–Crippen MR) is 58.3 cm³/mol. The number of methoxy groups -OCH3 is 1. The van der Waals surface area contributed by atoms with Gasteiger partial charge in [-0.05, 0) is 12.1 Å². The van der Waals surface area contributed by atoms with E-state index < -0.39 is 0 Å². The Balaban J connectivity index is 2.87. The lowest BCUT2D eigenvalue weighted by atomic mass is 10.1. The van der Waals surface area contributed by atoms with Crippen LogP contribution in [0.15, 0.2) is 24.5 Å². The van der Waals surface area contributed by atoms with E-state index in [0.717, 1.165) is 10.8 Å². The molecule has 0 amide bonds. The molecule has 0 fully saturated rings. The van der Waals surface area contributed by atoms with Crippen LogP contribution in [0.2, 0.25) is 10.0 Å². The van der Waals surface area contributed by atoms with Gasteiger partial charge < -0.3 is 4.74 Å². The summed E-state index contributed by atoms with van der Waals surface area (Å²) in [4.78, 5) is 4.02. The number of hydrogen-bond donors (Lipinski definition) is 0. The van der Waals surface area contributed by atoms with Gasteiger partial charge in [-0.3, -0.25) is 4.98 Å². The van der Waals surface area contributed by atoms with Crippen molar-refractivity contribution in [2.45, 2.75) is 0 Å². The highest BCUT2D eigenvalue weighted by Crippen LogP contribution is 2.33. The van der Waals surface area contributed by atoms with Gasteiger partial charge in [0.05, 0.1) is 18.3 Å². The Labute approximate surface area is 91.4 Å². The molecule has 14 heavy (non-hydrogen) atoms. The molecule has 0 saturated heterocycles. The molecule has 0 aliphatic carbocycles. The Morgan fingerprint density at radius 2 is 2.00 bits per heavy atom. The molecule has 0 saturated carbocycles. The fraction of sp³-hybridized carbons (Fsp3) is 0.100. The van der Waals surface area contributed by atoms with Gasteiger partial charge in [-0.25, -0.2) is 0 Å². The standard InChI is InChI=1S/C10H7Cl2NO/c1-14-9-5-13-4-6-2-7(11)3-8(12)10(6)9/h2-5H,1H3. The highest BCUT2D eigenvalue weighted by Gasteiger charge is 2.07. The van der Waals surface area contributed by atoms with Crippen LogP contribution in [0.4, 0.5) is 0 Å². The number of rotatable bonds is 1. The average Bonchev–Trinajstić information content (AvgIpc) is 2.16. The van der Waals surface area contributed by atoms with Crippen molar-refractivity contribution in [2.75, 3.05) is 7.11 Å². The molecule has 0 aliphatic rings. The lowest BCUT2D eigenvalue weighted by Gasteiger charge is -2.06. The number of aromatic nitrogens is 1. The number of halogens is 2. The van der Waals surface area contributed by atoms with E-state index in [-0.39, 0.29) is 0 Å². The Kier molecular flexibility index (Phi) is 2.48. The maximum Gasteiger partial charge on any atom is 0.146 e. The monoisotopic (exact) mass is 227 g/mol. The van der Waals surface area contributed by atoms with Gasteiger partial charge in [0, 0.05) is 22.0 Å². The summed E-state index contributed by atoms with van der Waals surface area (Å²) < 4.78 is 5.16. The van der Waals surface area contributed by atoms with Gasteiger partial charge in [0.1, 0.15) is 5.75 Å². The van der Waals surface area contributed by atoms with Crippen LogP contribution in [0.5, 0.6) is 5.75 Å². The number of fused-ring (bicyclic) bond motifs is 1. The minimum Gasteiger partial charge on any atom is -0.494 e. The van der Waals surface area contributed by atoms with Gasteiger partial charge in [0.15, 0.2) is 0 Å². The quantitative estimate of drug-likeness (QED) is 0.744. The molecule has 4 heteroatoms. The third-order valence-corrected chi connectivity index (χ3v) is 2.47. The van der Waals surface area contributed by atoms with E-state index in [9.17, 15) is 0 Å². The first kappa shape index (κ1) is 9.56. The summed E-state index contributed by atoms with van der Waals surface area (Å²) in [5.41, 5.74) is 0. The minimum atomic E-state index is 0.576. The molecule has 2 aromatic rings. The first-order valence-electron chi connectivity index (χ1n) is 3.99. The number of ether oxygens (including phenoxy) is 1. The minimum absolute atomic E-state index is 0.576. The van der Waals surface area contributed by atoms with Crippen LogP contribution in [0, 0.1) is 0 Å². The maximum absolute atomic E-state index is 6.05. The molecule has 0 radical (unpaired) electrons. The number of benzene rings is 1. The van der Waals surface area contributed by atoms with Crippen LogP contribution in [0.25, 0.3) is 10.8 Å². The van der Waals surface area contributed by atoms with E-state index in [2.05, 4.69) is 4.98 Å². The van der Waals surface area contributed by atoms with Crippen molar-refractivity contribution in [2.24, 2.45) is 0 Å². The summed E-state index contributed by atoms with van der Waals surface area (Å²) in [5, 5.41) is 2.89. The Morgan fingerprint density at radius 1 is 1.21 bits per heavy atom. The van der Waals surface area contributed by atoms with Gasteiger partial charge >= 0.3 is 0 Å². The van der Waals surface area contributed by atoms with Crippen LogP contribution < -0.4 is 4.74 Å².